The van der Waals surface area contributed by atoms with E-state index in [1.165, 1.54) is 0 Å². The molecule has 3 heterocycles. The van der Waals surface area contributed by atoms with Crippen LogP contribution in [0.15, 0.2) is 36.4 Å². The first-order chi connectivity index (χ1) is 15.9. The molecule has 1 unspecified atom stereocenters. The molecule has 0 bridgehead atoms. The Hall–Kier alpha value is -3.19. The Morgan fingerprint density at radius 1 is 1.09 bits per heavy atom. The molecule has 1 amide bonds. The highest BCUT2D eigenvalue weighted by molar-refractivity contribution is 6.16. The van der Waals surface area contributed by atoms with Crippen LogP contribution in [0.25, 0.3) is 0 Å². The molecular formula is C26H29N3O4. The zero-order valence-electron chi connectivity index (χ0n) is 19.1. The molecular weight excluding hydrogens is 418 g/mol. The third kappa shape index (κ3) is 3.60. The van der Waals surface area contributed by atoms with Crippen LogP contribution in [0.3, 0.4) is 0 Å². The van der Waals surface area contributed by atoms with Crippen LogP contribution in [0.4, 0.5) is 5.69 Å². The summed E-state index contributed by atoms with van der Waals surface area (Å²) in [6, 6.07) is 11.4. The number of piperazine rings is 1. The van der Waals surface area contributed by atoms with E-state index in [1.807, 2.05) is 49.1 Å². The molecule has 0 saturated carbocycles. The average Bonchev–Trinajstić information content (AvgIpc) is 3.43. The highest BCUT2D eigenvalue weighted by Gasteiger charge is 2.49. The summed E-state index contributed by atoms with van der Waals surface area (Å²) in [6.07, 6.45) is 1.23. The Morgan fingerprint density at radius 3 is 2.58 bits per heavy atom. The van der Waals surface area contributed by atoms with Gasteiger partial charge in [-0.1, -0.05) is 31.2 Å². The van der Waals surface area contributed by atoms with Gasteiger partial charge in [0.15, 0.2) is 11.4 Å². The number of nitrogens with zero attached hydrogens (tertiary/aromatic N) is 2. The monoisotopic (exact) mass is 447 g/mol. The number of hydrogen-bond acceptors (Lipinski definition) is 6. The van der Waals surface area contributed by atoms with E-state index in [2.05, 4.69) is 10.2 Å². The molecule has 33 heavy (non-hydrogen) atoms. The van der Waals surface area contributed by atoms with Gasteiger partial charge in [-0.05, 0) is 31.2 Å². The highest BCUT2D eigenvalue weighted by atomic mass is 16.6. The molecule has 1 atom stereocenters. The van der Waals surface area contributed by atoms with E-state index in [1.54, 1.807) is 6.07 Å². The maximum atomic E-state index is 13.7. The molecule has 7 nitrogen and oxygen atoms in total. The van der Waals surface area contributed by atoms with E-state index in [0.29, 0.717) is 49.2 Å². The first kappa shape index (κ1) is 21.6. The van der Waals surface area contributed by atoms with Crippen LogP contribution in [0.5, 0.6) is 0 Å². The number of ether oxygens (including phenoxy) is 1. The Kier molecular flexibility index (Phi) is 5.44. The predicted molar refractivity (Wildman–Crippen MR) is 125 cm³/mol. The fourth-order valence-corrected chi connectivity index (χ4v) is 5.24. The van der Waals surface area contributed by atoms with Crippen molar-refractivity contribution >= 4 is 23.3 Å². The van der Waals surface area contributed by atoms with E-state index in [9.17, 15) is 14.4 Å². The predicted octanol–water partition coefficient (Wildman–Crippen LogP) is 2.64. The van der Waals surface area contributed by atoms with Crippen molar-refractivity contribution in [3.8, 4) is 0 Å². The summed E-state index contributed by atoms with van der Waals surface area (Å²) in [5.41, 5.74) is 3.38. The van der Waals surface area contributed by atoms with Gasteiger partial charge in [-0.25, -0.2) is 4.79 Å². The number of esters is 1. The molecule has 1 spiro atoms. The largest absolute Gasteiger partial charge is 0.449 e. The summed E-state index contributed by atoms with van der Waals surface area (Å²) in [5, 5.41) is 3.27. The van der Waals surface area contributed by atoms with Crippen LogP contribution >= 0.6 is 0 Å². The molecule has 3 aliphatic heterocycles. The number of ketones is 1. The van der Waals surface area contributed by atoms with Gasteiger partial charge < -0.3 is 19.9 Å². The van der Waals surface area contributed by atoms with Crippen molar-refractivity contribution in [1.82, 2.24) is 10.2 Å². The van der Waals surface area contributed by atoms with Crippen molar-refractivity contribution in [3.05, 3.63) is 64.2 Å². The smallest absolute Gasteiger partial charge is 0.340 e. The summed E-state index contributed by atoms with van der Waals surface area (Å²) >= 11 is 0. The van der Waals surface area contributed by atoms with Gasteiger partial charge in [-0.3, -0.25) is 9.59 Å². The van der Waals surface area contributed by atoms with Crippen LogP contribution in [-0.2, 0) is 15.1 Å². The molecule has 7 heteroatoms. The van der Waals surface area contributed by atoms with Gasteiger partial charge in [0.25, 0.3) is 0 Å². The molecule has 0 aromatic heterocycles. The molecule has 0 aliphatic carbocycles. The van der Waals surface area contributed by atoms with E-state index in [-0.39, 0.29) is 11.7 Å². The Morgan fingerprint density at radius 2 is 1.88 bits per heavy atom. The van der Waals surface area contributed by atoms with Gasteiger partial charge >= 0.3 is 5.97 Å². The molecule has 0 radical (unpaired) electrons. The van der Waals surface area contributed by atoms with Crippen LogP contribution in [0.2, 0.25) is 0 Å². The first-order valence-corrected chi connectivity index (χ1v) is 11.7. The highest BCUT2D eigenvalue weighted by Crippen LogP contribution is 2.42. The molecule has 3 aliphatic rings. The van der Waals surface area contributed by atoms with Crippen LogP contribution in [-0.4, -0.2) is 61.8 Å². The van der Waals surface area contributed by atoms with E-state index in [0.717, 1.165) is 36.4 Å². The Balaban J connectivity index is 1.45. The quantitative estimate of drug-likeness (QED) is 0.574. The minimum Gasteiger partial charge on any atom is -0.449 e. The van der Waals surface area contributed by atoms with Crippen LogP contribution in [0.1, 0.15) is 57.2 Å². The number of rotatable bonds is 4. The third-order valence-electron chi connectivity index (χ3n) is 7.17. The topological polar surface area (TPSA) is 79.0 Å². The average molecular weight is 448 g/mol. The lowest BCUT2D eigenvalue weighted by Gasteiger charge is -2.36. The first-order valence-electron chi connectivity index (χ1n) is 11.7. The number of nitrogens with one attached hydrogen (secondary N) is 1. The van der Waals surface area contributed by atoms with Gasteiger partial charge in [0.2, 0.25) is 5.91 Å². The number of fused-ring (bicyclic) bond motifs is 2. The lowest BCUT2D eigenvalue weighted by Crippen LogP contribution is -2.48. The Labute approximate surface area is 193 Å². The molecule has 2 saturated heterocycles. The number of carbonyl (C=O) groups excluding carboxylic acids is 3. The second kappa shape index (κ2) is 8.30. The zero-order chi connectivity index (χ0) is 23.2. The minimum atomic E-state index is -0.658. The second-order valence-corrected chi connectivity index (χ2v) is 9.09. The van der Waals surface area contributed by atoms with E-state index >= 15 is 0 Å². The summed E-state index contributed by atoms with van der Waals surface area (Å²) < 4.78 is 5.80. The van der Waals surface area contributed by atoms with Crippen molar-refractivity contribution in [2.75, 3.05) is 44.2 Å². The summed E-state index contributed by atoms with van der Waals surface area (Å²) in [4.78, 5) is 42.6. The maximum absolute atomic E-state index is 13.7. The fraction of sp³-hybridized carbons (Fsp3) is 0.423. The van der Waals surface area contributed by atoms with E-state index in [4.69, 9.17) is 4.74 Å². The van der Waals surface area contributed by atoms with Crippen molar-refractivity contribution in [1.29, 1.82) is 0 Å². The van der Waals surface area contributed by atoms with Crippen molar-refractivity contribution in [2.45, 2.75) is 32.3 Å². The number of carbonyl (C=O) groups is 3. The van der Waals surface area contributed by atoms with E-state index < -0.39 is 11.6 Å². The van der Waals surface area contributed by atoms with Gasteiger partial charge in [-0.15, -0.1) is 0 Å². The van der Waals surface area contributed by atoms with Gasteiger partial charge in [0, 0.05) is 67.9 Å². The summed E-state index contributed by atoms with van der Waals surface area (Å²) in [6.45, 7) is 7.96. The van der Waals surface area contributed by atoms with Gasteiger partial charge in [0.1, 0.15) is 0 Å². The van der Waals surface area contributed by atoms with Gasteiger partial charge in [-0.2, -0.15) is 0 Å². The van der Waals surface area contributed by atoms with Crippen LogP contribution in [0, 0.1) is 6.92 Å². The standard InChI is InChI=1S/C26H29N3O4/c1-3-22(30)29-13-11-28(12-14-29)18-8-7-17(2)20(15-18)24(31)19-5-4-6-21-23(19)25(32)33-26(21)9-10-27-16-26/h4-8,15,27H,3,9-14,16H2,1-2H3. The minimum absolute atomic E-state index is 0.161. The maximum Gasteiger partial charge on any atom is 0.340 e. The molecule has 2 fully saturated rings. The molecule has 2 aromatic rings. The molecule has 1 N–H and O–H groups in total. The Bertz CT molecular complexity index is 1130. The fourth-order valence-electron chi connectivity index (χ4n) is 5.24. The number of aryl methyl sites for hydroxylation is 1. The number of benzene rings is 2. The lowest BCUT2D eigenvalue weighted by atomic mass is 9.87. The van der Waals surface area contributed by atoms with Crippen molar-refractivity contribution in [2.24, 2.45) is 0 Å². The van der Waals surface area contributed by atoms with Crippen molar-refractivity contribution < 1.29 is 19.1 Å². The number of hydrogen-bond donors (Lipinski definition) is 1. The van der Waals surface area contributed by atoms with Gasteiger partial charge in [0.05, 0.1) is 5.56 Å². The third-order valence-corrected chi connectivity index (χ3v) is 7.17. The normalized spacial score (nSPS) is 21.9. The second-order valence-electron chi connectivity index (χ2n) is 9.09. The van der Waals surface area contributed by atoms with Crippen molar-refractivity contribution in [3.63, 3.8) is 0 Å². The zero-order valence-corrected chi connectivity index (χ0v) is 19.1. The number of amides is 1. The van der Waals surface area contributed by atoms with Crippen LogP contribution < -0.4 is 10.2 Å². The molecule has 2 aromatic carbocycles. The molecule has 172 valence electrons. The SMILES string of the molecule is CCC(=O)N1CCN(c2ccc(C)c(C(=O)c3cccc4c3C(=O)OC43CCNC3)c2)CC1. The lowest BCUT2D eigenvalue weighted by molar-refractivity contribution is -0.131. The number of anilines is 1. The molecule has 5 rings (SSSR count). The summed E-state index contributed by atoms with van der Waals surface area (Å²) in [5.74, 6) is -0.399. The summed E-state index contributed by atoms with van der Waals surface area (Å²) in [7, 11) is 0.